The summed E-state index contributed by atoms with van der Waals surface area (Å²) >= 11 is 6.08. The number of amides is 2. The maximum atomic E-state index is 12.8. The molecule has 6 nitrogen and oxygen atoms in total. The molecule has 7 heteroatoms. The summed E-state index contributed by atoms with van der Waals surface area (Å²) in [5, 5.41) is 10.5. The van der Waals surface area contributed by atoms with E-state index in [1.807, 2.05) is 36.4 Å². The number of ether oxygens (including phenoxy) is 1. The average Bonchev–Trinajstić information content (AvgIpc) is 3.52. The second-order valence-corrected chi connectivity index (χ2v) is 7.95. The highest BCUT2D eigenvalue weighted by Crippen LogP contribution is 2.37. The van der Waals surface area contributed by atoms with Gasteiger partial charge in [-0.1, -0.05) is 29.8 Å². The van der Waals surface area contributed by atoms with Gasteiger partial charge in [0.25, 0.3) is 11.8 Å². The minimum atomic E-state index is -1.15. The molecule has 0 atom stereocenters. The third-order valence-electron chi connectivity index (χ3n) is 5.59. The third-order valence-corrected chi connectivity index (χ3v) is 5.90. The third kappa shape index (κ3) is 3.95. The Labute approximate surface area is 174 Å². The van der Waals surface area contributed by atoms with E-state index in [-0.39, 0.29) is 11.8 Å². The normalized spacial score (nSPS) is 17.8. The van der Waals surface area contributed by atoms with Crippen molar-refractivity contribution in [3.63, 3.8) is 0 Å². The zero-order chi connectivity index (χ0) is 20.6. The van der Waals surface area contributed by atoms with Crippen molar-refractivity contribution in [2.45, 2.75) is 18.4 Å². The van der Waals surface area contributed by atoms with E-state index in [1.54, 1.807) is 23.0 Å². The summed E-state index contributed by atoms with van der Waals surface area (Å²) in [5.74, 6) is 0.349. The summed E-state index contributed by atoms with van der Waals surface area (Å²) in [6.07, 6.45) is 1.08. The quantitative estimate of drug-likeness (QED) is 0.835. The van der Waals surface area contributed by atoms with Gasteiger partial charge in [-0.25, -0.2) is 0 Å². The van der Waals surface area contributed by atoms with E-state index in [9.17, 15) is 14.7 Å². The summed E-state index contributed by atoms with van der Waals surface area (Å²) in [6.45, 7) is 1.85. The van der Waals surface area contributed by atoms with Gasteiger partial charge in [0, 0.05) is 31.7 Å². The molecule has 29 heavy (non-hydrogen) atoms. The molecular formula is C22H23ClN2O4. The molecule has 2 fully saturated rings. The lowest BCUT2D eigenvalue weighted by molar-refractivity contribution is -0.143. The number of halogens is 1. The van der Waals surface area contributed by atoms with Crippen LogP contribution in [0.5, 0.6) is 5.75 Å². The first kappa shape index (κ1) is 19.7. The van der Waals surface area contributed by atoms with Gasteiger partial charge in [0.15, 0.2) is 0 Å². The van der Waals surface area contributed by atoms with Crippen LogP contribution < -0.4 is 4.74 Å². The number of hydrogen-bond donors (Lipinski definition) is 1. The highest BCUT2D eigenvalue weighted by Gasteiger charge is 2.50. The summed E-state index contributed by atoms with van der Waals surface area (Å²) in [6, 6.07) is 13.0. The number of benzene rings is 2. The van der Waals surface area contributed by atoms with Gasteiger partial charge in [-0.2, -0.15) is 0 Å². The van der Waals surface area contributed by atoms with Crippen molar-refractivity contribution >= 4 is 23.4 Å². The molecule has 0 bridgehead atoms. The van der Waals surface area contributed by atoms with Crippen molar-refractivity contribution in [2.75, 3.05) is 33.3 Å². The number of hydrogen-bond acceptors (Lipinski definition) is 4. The number of nitrogens with zero attached hydrogens (tertiary/aromatic N) is 2. The van der Waals surface area contributed by atoms with Gasteiger partial charge in [0.05, 0.1) is 12.1 Å². The zero-order valence-corrected chi connectivity index (χ0v) is 17.0. The fourth-order valence-electron chi connectivity index (χ4n) is 3.57. The zero-order valence-electron chi connectivity index (χ0n) is 16.2. The standard InChI is InChI=1S/C22H23ClN2O4/c1-29-19-14-17(6-7-18(19)23)15-2-4-16(5-3-15)20(26)24-10-12-25(13-11-24)21(27)22(28)8-9-22/h2-7,14,28H,8-13H2,1H3. The molecule has 1 aliphatic heterocycles. The van der Waals surface area contributed by atoms with Gasteiger partial charge in [-0.15, -0.1) is 0 Å². The van der Waals surface area contributed by atoms with Crippen LogP contribution in [-0.4, -0.2) is 65.6 Å². The van der Waals surface area contributed by atoms with Crippen LogP contribution in [0.25, 0.3) is 11.1 Å². The molecule has 1 saturated heterocycles. The molecule has 2 aromatic rings. The number of methoxy groups -OCH3 is 1. The molecule has 152 valence electrons. The largest absolute Gasteiger partial charge is 0.495 e. The molecule has 2 aliphatic rings. The minimum absolute atomic E-state index is 0.0533. The molecule has 4 rings (SSSR count). The fourth-order valence-corrected chi connectivity index (χ4v) is 3.76. The Kier molecular flexibility index (Phi) is 5.23. The van der Waals surface area contributed by atoms with E-state index >= 15 is 0 Å². The molecule has 0 spiro atoms. The van der Waals surface area contributed by atoms with Crippen molar-refractivity contribution in [3.8, 4) is 16.9 Å². The molecule has 2 amide bonds. The topological polar surface area (TPSA) is 70.1 Å². The van der Waals surface area contributed by atoms with Gasteiger partial charge in [0.1, 0.15) is 11.4 Å². The van der Waals surface area contributed by atoms with E-state index < -0.39 is 5.60 Å². The van der Waals surface area contributed by atoms with Crippen LogP contribution >= 0.6 is 11.6 Å². The predicted molar refractivity (Wildman–Crippen MR) is 110 cm³/mol. The second-order valence-electron chi connectivity index (χ2n) is 7.54. The average molecular weight is 415 g/mol. The molecule has 0 aromatic heterocycles. The fraction of sp³-hybridized carbons (Fsp3) is 0.364. The van der Waals surface area contributed by atoms with Gasteiger partial charge < -0.3 is 19.6 Å². The molecular weight excluding hydrogens is 392 g/mol. The number of piperazine rings is 1. The summed E-state index contributed by atoms with van der Waals surface area (Å²) in [7, 11) is 1.57. The summed E-state index contributed by atoms with van der Waals surface area (Å²) in [5.41, 5.74) is 1.38. The number of rotatable bonds is 4. The van der Waals surface area contributed by atoms with Crippen LogP contribution in [-0.2, 0) is 4.79 Å². The van der Waals surface area contributed by atoms with Gasteiger partial charge >= 0.3 is 0 Å². The molecule has 0 unspecified atom stereocenters. The maximum Gasteiger partial charge on any atom is 0.254 e. The SMILES string of the molecule is COc1cc(-c2ccc(C(=O)N3CCN(C(=O)C4(O)CC4)CC3)cc2)ccc1Cl. The van der Waals surface area contributed by atoms with Crippen LogP contribution in [0.1, 0.15) is 23.2 Å². The highest BCUT2D eigenvalue weighted by atomic mass is 35.5. The lowest BCUT2D eigenvalue weighted by Crippen LogP contribution is -2.53. The van der Waals surface area contributed by atoms with Crippen LogP contribution in [0.15, 0.2) is 42.5 Å². The Morgan fingerprint density at radius 1 is 0.966 bits per heavy atom. The Balaban J connectivity index is 1.40. The van der Waals surface area contributed by atoms with Crippen LogP contribution in [0.4, 0.5) is 0 Å². The summed E-state index contributed by atoms with van der Waals surface area (Å²) in [4.78, 5) is 28.4. The van der Waals surface area contributed by atoms with Crippen molar-refractivity contribution in [2.24, 2.45) is 0 Å². The first-order valence-electron chi connectivity index (χ1n) is 9.66. The lowest BCUT2D eigenvalue weighted by atomic mass is 10.0. The number of carbonyl (C=O) groups is 2. The van der Waals surface area contributed by atoms with E-state index in [2.05, 4.69) is 0 Å². The molecule has 1 aliphatic carbocycles. The van der Waals surface area contributed by atoms with Gasteiger partial charge in [0.2, 0.25) is 0 Å². The highest BCUT2D eigenvalue weighted by molar-refractivity contribution is 6.32. The number of carbonyl (C=O) groups excluding carboxylic acids is 2. The van der Waals surface area contributed by atoms with Crippen molar-refractivity contribution in [1.29, 1.82) is 0 Å². The van der Waals surface area contributed by atoms with Crippen molar-refractivity contribution < 1.29 is 19.4 Å². The van der Waals surface area contributed by atoms with E-state index in [0.29, 0.717) is 55.4 Å². The Hall–Kier alpha value is -2.57. The monoisotopic (exact) mass is 414 g/mol. The van der Waals surface area contributed by atoms with Crippen LogP contribution in [0, 0.1) is 0 Å². The predicted octanol–water partition coefficient (Wildman–Crippen LogP) is 2.82. The van der Waals surface area contributed by atoms with Gasteiger partial charge in [-0.05, 0) is 48.2 Å². The van der Waals surface area contributed by atoms with Crippen molar-refractivity contribution in [3.05, 3.63) is 53.1 Å². The first-order chi connectivity index (χ1) is 13.9. The minimum Gasteiger partial charge on any atom is -0.495 e. The second kappa shape index (κ2) is 7.69. The van der Waals surface area contributed by atoms with Gasteiger partial charge in [-0.3, -0.25) is 9.59 Å². The lowest BCUT2D eigenvalue weighted by Gasteiger charge is -2.35. The Bertz CT molecular complexity index is 932. The Morgan fingerprint density at radius 2 is 1.55 bits per heavy atom. The van der Waals surface area contributed by atoms with E-state index in [1.165, 1.54) is 0 Å². The van der Waals surface area contributed by atoms with Crippen molar-refractivity contribution in [1.82, 2.24) is 9.80 Å². The van der Waals surface area contributed by atoms with E-state index in [4.69, 9.17) is 16.3 Å². The maximum absolute atomic E-state index is 12.8. The molecule has 1 heterocycles. The smallest absolute Gasteiger partial charge is 0.254 e. The van der Waals surface area contributed by atoms with Crippen LogP contribution in [0.2, 0.25) is 5.02 Å². The molecule has 1 saturated carbocycles. The molecule has 2 aromatic carbocycles. The summed E-state index contributed by atoms with van der Waals surface area (Å²) < 4.78 is 5.26. The molecule has 0 radical (unpaired) electrons. The van der Waals surface area contributed by atoms with Crippen LogP contribution in [0.3, 0.4) is 0 Å². The molecule has 1 N–H and O–H groups in total. The first-order valence-corrected chi connectivity index (χ1v) is 10.0. The number of aliphatic hydroxyl groups is 1. The Morgan fingerprint density at radius 3 is 2.14 bits per heavy atom. The van der Waals surface area contributed by atoms with E-state index in [0.717, 1.165) is 11.1 Å².